The number of likely N-dealkylation sites (tertiary alicyclic amines) is 1. The van der Waals surface area contributed by atoms with Crippen LogP contribution in [0.1, 0.15) is 24.0 Å². The highest BCUT2D eigenvalue weighted by atomic mass is 19.1. The van der Waals surface area contributed by atoms with Crippen LogP contribution < -0.4 is 0 Å². The summed E-state index contributed by atoms with van der Waals surface area (Å²) in [4.78, 5) is 18.7. The van der Waals surface area contributed by atoms with Crippen molar-refractivity contribution in [1.82, 2.24) is 14.7 Å². The third kappa shape index (κ3) is 4.44. The summed E-state index contributed by atoms with van der Waals surface area (Å²) in [5.41, 5.74) is 0.153. The minimum Gasteiger partial charge on any atom is -0.396 e. The van der Waals surface area contributed by atoms with Crippen molar-refractivity contribution >= 4 is 11.6 Å². The lowest BCUT2D eigenvalue weighted by molar-refractivity contribution is 0.0485. The minimum absolute atomic E-state index is 0.00200. The van der Waals surface area contributed by atoms with Crippen molar-refractivity contribution in [2.45, 2.75) is 30.6 Å². The lowest BCUT2D eigenvalue weighted by Crippen LogP contribution is -2.57. The molecule has 3 atom stereocenters. The van der Waals surface area contributed by atoms with Gasteiger partial charge in [0.15, 0.2) is 0 Å². The highest BCUT2D eigenvalue weighted by Crippen LogP contribution is 2.44. The molecule has 2 heterocycles. The number of urea groups is 1. The molecular formula is C26H30F3N3O2. The van der Waals surface area contributed by atoms with E-state index in [1.807, 2.05) is 42.3 Å². The lowest BCUT2D eigenvalue weighted by atomic mass is 9.85. The van der Waals surface area contributed by atoms with Crippen LogP contribution in [-0.4, -0.2) is 78.4 Å². The zero-order chi connectivity index (χ0) is 24.5. The van der Waals surface area contributed by atoms with E-state index < -0.39 is 35.4 Å². The van der Waals surface area contributed by atoms with Crippen LogP contribution in [0.2, 0.25) is 0 Å². The van der Waals surface area contributed by atoms with Crippen LogP contribution in [0.25, 0.3) is 5.57 Å². The Morgan fingerprint density at radius 2 is 1.94 bits per heavy atom. The molecule has 0 spiro atoms. The number of hydrogen-bond donors (Lipinski definition) is 1. The van der Waals surface area contributed by atoms with E-state index in [4.69, 9.17) is 0 Å². The molecule has 0 aromatic heterocycles. The van der Waals surface area contributed by atoms with E-state index in [0.717, 1.165) is 23.8 Å². The number of hydrogen-bond acceptors (Lipinski definition) is 3. The molecule has 1 saturated heterocycles. The largest absolute Gasteiger partial charge is 0.396 e. The first kappa shape index (κ1) is 24.3. The molecule has 182 valence electrons. The molecule has 34 heavy (non-hydrogen) atoms. The summed E-state index contributed by atoms with van der Waals surface area (Å²) < 4.78 is 43.6. The monoisotopic (exact) mass is 473 g/mol. The smallest absolute Gasteiger partial charge is 0.321 e. The van der Waals surface area contributed by atoms with Crippen LogP contribution in [0.15, 0.2) is 54.6 Å². The summed E-state index contributed by atoms with van der Waals surface area (Å²) >= 11 is 0. The van der Waals surface area contributed by atoms with Crippen LogP contribution in [-0.2, 0) is 5.54 Å². The van der Waals surface area contributed by atoms with Crippen molar-refractivity contribution < 1.29 is 23.1 Å². The van der Waals surface area contributed by atoms with E-state index in [1.165, 1.54) is 4.90 Å². The van der Waals surface area contributed by atoms with Gasteiger partial charge in [0.2, 0.25) is 0 Å². The van der Waals surface area contributed by atoms with E-state index in [-0.39, 0.29) is 31.7 Å². The Morgan fingerprint density at radius 3 is 2.62 bits per heavy atom. The Hall–Kier alpha value is -2.84. The van der Waals surface area contributed by atoms with Gasteiger partial charge in [-0.3, -0.25) is 0 Å². The quantitative estimate of drug-likeness (QED) is 0.713. The van der Waals surface area contributed by atoms with E-state index in [2.05, 4.69) is 0 Å². The second-order valence-corrected chi connectivity index (χ2v) is 9.17. The second-order valence-electron chi connectivity index (χ2n) is 9.17. The molecular weight excluding hydrogens is 443 g/mol. The molecule has 1 N–H and O–H groups in total. The Kier molecular flexibility index (Phi) is 7.00. The van der Waals surface area contributed by atoms with E-state index in [9.17, 15) is 23.1 Å². The van der Waals surface area contributed by atoms with E-state index >= 15 is 0 Å². The molecule has 2 aliphatic rings. The number of aliphatic hydroxyl groups is 1. The fraction of sp³-hybridized carbons (Fsp3) is 0.423. The Balaban J connectivity index is 1.77. The van der Waals surface area contributed by atoms with Crippen molar-refractivity contribution in [3.05, 3.63) is 77.4 Å². The molecule has 2 aromatic rings. The molecule has 2 aromatic carbocycles. The molecule has 2 amide bonds. The van der Waals surface area contributed by atoms with Gasteiger partial charge in [0.25, 0.3) is 0 Å². The van der Waals surface area contributed by atoms with Crippen molar-refractivity contribution in [1.29, 1.82) is 0 Å². The zero-order valence-corrected chi connectivity index (χ0v) is 19.4. The number of aliphatic hydroxyl groups excluding tert-OH is 1. The fourth-order valence-corrected chi connectivity index (χ4v) is 5.17. The average Bonchev–Trinajstić information content (AvgIpc) is 3.21. The van der Waals surface area contributed by atoms with Gasteiger partial charge in [-0.2, -0.15) is 0 Å². The van der Waals surface area contributed by atoms with Crippen molar-refractivity contribution in [3.63, 3.8) is 0 Å². The minimum atomic E-state index is -1.20. The van der Waals surface area contributed by atoms with Gasteiger partial charge < -0.3 is 19.8 Å². The lowest BCUT2D eigenvalue weighted by Gasteiger charge is -2.44. The zero-order valence-electron chi connectivity index (χ0n) is 19.4. The maximum Gasteiger partial charge on any atom is 0.321 e. The highest BCUT2D eigenvalue weighted by molar-refractivity contribution is 5.83. The van der Waals surface area contributed by atoms with E-state index in [0.29, 0.717) is 18.5 Å². The molecule has 3 unspecified atom stereocenters. The number of piperidine rings is 1. The maximum atomic E-state index is 14.9. The number of alkyl halides is 1. The molecule has 0 radical (unpaired) electrons. The van der Waals surface area contributed by atoms with Crippen LogP contribution in [0.4, 0.5) is 18.0 Å². The summed E-state index contributed by atoms with van der Waals surface area (Å²) in [7, 11) is 3.43. The van der Waals surface area contributed by atoms with Gasteiger partial charge in [-0.15, -0.1) is 0 Å². The number of carbonyl (C=O) groups is 1. The summed E-state index contributed by atoms with van der Waals surface area (Å²) in [5.74, 6) is -1.18. The van der Waals surface area contributed by atoms with Crippen molar-refractivity contribution in [2.24, 2.45) is 0 Å². The van der Waals surface area contributed by atoms with Crippen LogP contribution in [0, 0.1) is 11.6 Å². The number of carbonyl (C=O) groups excluding carboxylic acids is 1. The van der Waals surface area contributed by atoms with Crippen LogP contribution >= 0.6 is 0 Å². The van der Waals surface area contributed by atoms with Gasteiger partial charge in [0, 0.05) is 45.3 Å². The Morgan fingerprint density at radius 1 is 1.21 bits per heavy atom. The van der Waals surface area contributed by atoms with Crippen molar-refractivity contribution in [3.8, 4) is 0 Å². The standard InChI is InChI=1S/C26H30F3N3O2/c1-30-12-10-24(23(29)17-30)31(2)25(34)32-16-18(21-14-20(27)8-9-22(21)28)15-26(32,11-13-33)19-6-4-3-5-7-19/h3-9,14-15,23-24,33H,10-13,16-17H2,1-2H3. The molecule has 5 nitrogen and oxygen atoms in total. The summed E-state index contributed by atoms with van der Waals surface area (Å²) in [5, 5.41) is 9.99. The molecule has 0 aliphatic carbocycles. The SMILES string of the molecule is CN1CCC(N(C)C(=O)N2CC(c3cc(F)ccc3F)=CC2(CCO)c2ccccc2)C(F)C1. The first-order chi connectivity index (χ1) is 16.3. The first-order valence-electron chi connectivity index (χ1n) is 11.5. The number of amides is 2. The normalized spacial score (nSPS) is 25.4. The van der Waals surface area contributed by atoms with Gasteiger partial charge in [-0.25, -0.2) is 18.0 Å². The predicted octanol–water partition coefficient (Wildman–Crippen LogP) is 4.04. The highest BCUT2D eigenvalue weighted by Gasteiger charge is 2.47. The maximum absolute atomic E-state index is 14.9. The average molecular weight is 474 g/mol. The van der Waals surface area contributed by atoms with Gasteiger partial charge in [-0.1, -0.05) is 30.3 Å². The molecule has 0 saturated carbocycles. The number of benzene rings is 2. The third-order valence-electron chi connectivity index (χ3n) is 7.00. The number of rotatable bonds is 5. The topological polar surface area (TPSA) is 47.0 Å². The first-order valence-corrected chi connectivity index (χ1v) is 11.5. The molecule has 8 heteroatoms. The van der Waals surface area contributed by atoms with Gasteiger partial charge >= 0.3 is 6.03 Å². The summed E-state index contributed by atoms with van der Waals surface area (Å²) in [6.07, 6.45) is 1.19. The fourth-order valence-electron chi connectivity index (χ4n) is 5.17. The molecule has 0 bridgehead atoms. The Labute approximate surface area is 198 Å². The number of halogens is 3. The molecule has 4 rings (SSSR count). The van der Waals surface area contributed by atoms with Crippen LogP contribution in [0.5, 0.6) is 0 Å². The number of nitrogens with zero attached hydrogens (tertiary/aromatic N) is 3. The van der Waals surface area contributed by atoms with Crippen molar-refractivity contribution in [2.75, 3.05) is 40.3 Å². The van der Waals surface area contributed by atoms with E-state index in [1.54, 1.807) is 18.0 Å². The third-order valence-corrected chi connectivity index (χ3v) is 7.00. The van der Waals surface area contributed by atoms with Gasteiger partial charge in [0.1, 0.15) is 17.8 Å². The second kappa shape index (κ2) is 9.80. The van der Waals surface area contributed by atoms with Crippen LogP contribution in [0.3, 0.4) is 0 Å². The summed E-state index contributed by atoms with van der Waals surface area (Å²) in [6.45, 7) is 0.668. The van der Waals surface area contributed by atoms with Gasteiger partial charge in [-0.05, 0) is 48.9 Å². The predicted molar refractivity (Wildman–Crippen MR) is 125 cm³/mol. The van der Waals surface area contributed by atoms with Gasteiger partial charge in [0.05, 0.1) is 11.6 Å². The molecule has 2 aliphatic heterocycles. The summed E-state index contributed by atoms with van der Waals surface area (Å²) in [6, 6.07) is 11.4. The molecule has 1 fully saturated rings. The Bertz CT molecular complexity index is 1060.